The van der Waals surface area contributed by atoms with Crippen molar-refractivity contribution in [2.45, 2.75) is 70.9 Å². The quantitative estimate of drug-likeness (QED) is 0.262. The number of benzene rings is 2. The van der Waals surface area contributed by atoms with E-state index in [1.165, 1.54) is 35.0 Å². The van der Waals surface area contributed by atoms with Crippen molar-refractivity contribution in [2.75, 3.05) is 6.61 Å². The lowest BCUT2D eigenvalue weighted by molar-refractivity contribution is -0.267. The fourth-order valence-electron chi connectivity index (χ4n) is 5.15. The number of aliphatic hydroxyl groups is 1. The molecule has 2 aromatic carbocycles. The number of aliphatic hydroxyl groups excluding tert-OH is 1. The van der Waals surface area contributed by atoms with Crippen LogP contribution in [0.25, 0.3) is 10.9 Å². The first-order chi connectivity index (χ1) is 20.8. The second-order valence-corrected chi connectivity index (χ2v) is 10.5. The van der Waals surface area contributed by atoms with Gasteiger partial charge in [-0.3, -0.25) is 19.2 Å². The van der Waals surface area contributed by atoms with Crippen molar-refractivity contribution in [3.63, 3.8) is 0 Å². The van der Waals surface area contributed by atoms with E-state index in [9.17, 15) is 33.1 Å². The van der Waals surface area contributed by atoms with E-state index in [2.05, 4.69) is 0 Å². The van der Waals surface area contributed by atoms with Crippen molar-refractivity contribution in [3.8, 4) is 0 Å². The minimum Gasteiger partial charge on any atom is -0.463 e. The monoisotopic (exact) mass is 637 g/mol. The predicted octanol–water partition coefficient (Wildman–Crippen LogP) is 4.57. The summed E-state index contributed by atoms with van der Waals surface area (Å²) in [4.78, 5) is 48.3. The van der Waals surface area contributed by atoms with Gasteiger partial charge in [0.2, 0.25) is 0 Å². The normalized spacial score (nSPS) is 22.3. The van der Waals surface area contributed by atoms with Crippen molar-refractivity contribution in [2.24, 2.45) is 0 Å². The van der Waals surface area contributed by atoms with Crippen molar-refractivity contribution >= 4 is 46.4 Å². The summed E-state index contributed by atoms with van der Waals surface area (Å²) in [5.41, 5.74) is 0.703. The molecule has 14 heteroatoms. The fraction of sp³-hybridized carbons (Fsp3) is 0.400. The van der Waals surface area contributed by atoms with E-state index in [1.807, 2.05) is 0 Å². The van der Waals surface area contributed by atoms with Crippen LogP contribution < -0.4 is 0 Å². The van der Waals surface area contributed by atoms with Crippen LogP contribution in [0.5, 0.6) is 0 Å². The number of hydrogen-bond acceptors (Lipinski definition) is 10. The van der Waals surface area contributed by atoms with Crippen LogP contribution in [0.2, 0.25) is 5.02 Å². The summed E-state index contributed by atoms with van der Waals surface area (Å²) in [7, 11) is 0. The molecule has 1 aliphatic rings. The number of carbonyl (C=O) groups excluding carboxylic acids is 4. The Morgan fingerprint density at radius 1 is 0.864 bits per heavy atom. The van der Waals surface area contributed by atoms with Crippen molar-refractivity contribution < 1.29 is 56.7 Å². The zero-order valence-electron chi connectivity index (χ0n) is 24.1. The number of fused-ring (bicyclic) bond motifs is 1. The van der Waals surface area contributed by atoms with Crippen LogP contribution in [0.3, 0.4) is 0 Å². The van der Waals surface area contributed by atoms with Gasteiger partial charge in [0.1, 0.15) is 18.8 Å². The number of aromatic nitrogens is 1. The molecule has 0 amide bonds. The van der Waals surface area contributed by atoms with E-state index < -0.39 is 73.7 Å². The number of rotatable bonds is 9. The van der Waals surface area contributed by atoms with Crippen LogP contribution in [-0.2, 0) is 42.9 Å². The molecule has 0 spiro atoms. The molecule has 0 aliphatic carbocycles. The third-order valence-electron chi connectivity index (χ3n) is 6.88. The van der Waals surface area contributed by atoms with Gasteiger partial charge in [0.15, 0.2) is 24.5 Å². The number of hydrogen-bond donors (Lipinski definition) is 1. The van der Waals surface area contributed by atoms with Crippen molar-refractivity contribution in [1.82, 2.24) is 4.57 Å². The van der Waals surface area contributed by atoms with Crippen LogP contribution in [0, 0.1) is 0 Å². The van der Waals surface area contributed by atoms with Gasteiger partial charge >= 0.3 is 23.9 Å². The molecule has 1 fully saturated rings. The SMILES string of the molecule is CC(=O)OC[C@H]1O[C@@H](n2cc(C(O)c3ccc(C(F)F)cc3)c3c(Cl)cccc32)[C@H](OC(C)=O)[C@@H](OC(C)=O)[C@@H]1OC(C)=O. The molecule has 0 radical (unpaired) electrons. The highest BCUT2D eigenvalue weighted by Gasteiger charge is 2.53. The summed E-state index contributed by atoms with van der Waals surface area (Å²) in [6.45, 7) is 4.08. The Kier molecular flexibility index (Phi) is 10.2. The minimum atomic E-state index is -2.69. The van der Waals surface area contributed by atoms with Crippen LogP contribution in [0.15, 0.2) is 48.7 Å². The van der Waals surface area contributed by atoms with E-state index in [0.717, 1.165) is 27.7 Å². The number of ether oxygens (including phenoxy) is 5. The highest BCUT2D eigenvalue weighted by molar-refractivity contribution is 6.35. The molecule has 1 aliphatic heterocycles. The molecule has 236 valence electrons. The number of alkyl halides is 2. The average molecular weight is 638 g/mol. The summed E-state index contributed by atoms with van der Waals surface area (Å²) < 4.78 is 55.8. The largest absolute Gasteiger partial charge is 0.463 e. The van der Waals surface area contributed by atoms with Gasteiger partial charge in [0.05, 0.1) is 10.5 Å². The van der Waals surface area contributed by atoms with E-state index in [1.54, 1.807) is 18.2 Å². The Labute approximate surface area is 255 Å². The molecule has 1 N–H and O–H groups in total. The summed E-state index contributed by atoms with van der Waals surface area (Å²) in [6, 6.07) is 9.97. The van der Waals surface area contributed by atoms with Crippen LogP contribution in [0.4, 0.5) is 8.78 Å². The summed E-state index contributed by atoms with van der Waals surface area (Å²) in [5.74, 6) is -3.01. The molecule has 1 saturated heterocycles. The Morgan fingerprint density at radius 2 is 1.43 bits per heavy atom. The summed E-state index contributed by atoms with van der Waals surface area (Å²) >= 11 is 6.59. The highest BCUT2D eigenvalue weighted by Crippen LogP contribution is 2.41. The Morgan fingerprint density at radius 3 is 2.00 bits per heavy atom. The standard InChI is InChI=1S/C30H30ClF2NO10/c1-14(35)40-13-23-26(41-15(2)36)27(42-16(3)37)28(43-17(4)38)30(44-23)34-12-20(24-21(31)6-5-7-22(24)34)25(39)18-8-10-19(11-9-18)29(32)33/h5-12,23,25-30,39H,13H2,1-4H3/t23-,25?,26-,27+,28-,30-/m1/s1. The second kappa shape index (κ2) is 13.7. The van der Waals surface area contributed by atoms with E-state index in [-0.39, 0.29) is 21.7 Å². The van der Waals surface area contributed by atoms with Gasteiger partial charge in [-0.1, -0.05) is 41.9 Å². The Bertz CT molecular complexity index is 1540. The van der Waals surface area contributed by atoms with Crippen LogP contribution in [-0.4, -0.2) is 64.6 Å². The summed E-state index contributed by atoms with van der Waals surface area (Å²) in [5, 5.41) is 12.0. The maximum atomic E-state index is 13.1. The zero-order valence-corrected chi connectivity index (χ0v) is 24.8. The Hall–Kier alpha value is -4.07. The molecular weight excluding hydrogens is 608 g/mol. The third-order valence-corrected chi connectivity index (χ3v) is 7.19. The van der Waals surface area contributed by atoms with Crippen LogP contribution in [0.1, 0.15) is 63.1 Å². The molecule has 11 nitrogen and oxygen atoms in total. The second-order valence-electron chi connectivity index (χ2n) is 10.1. The molecule has 4 rings (SSSR count). The maximum Gasteiger partial charge on any atom is 0.303 e. The Balaban J connectivity index is 1.89. The first-order valence-corrected chi connectivity index (χ1v) is 13.8. The summed E-state index contributed by atoms with van der Waals surface area (Å²) in [6.07, 6.45) is -9.29. The minimum absolute atomic E-state index is 0.223. The topological polar surface area (TPSA) is 140 Å². The van der Waals surface area contributed by atoms with Crippen LogP contribution >= 0.6 is 11.6 Å². The first kappa shape index (κ1) is 32.8. The smallest absolute Gasteiger partial charge is 0.303 e. The predicted molar refractivity (Wildman–Crippen MR) is 150 cm³/mol. The number of halogens is 3. The van der Waals surface area contributed by atoms with Gasteiger partial charge in [-0.25, -0.2) is 8.78 Å². The third kappa shape index (κ3) is 7.17. The molecule has 0 saturated carbocycles. The number of carbonyl (C=O) groups is 4. The lowest BCUT2D eigenvalue weighted by Gasteiger charge is -2.44. The van der Waals surface area contributed by atoms with Gasteiger partial charge in [-0.05, 0) is 17.7 Å². The lowest BCUT2D eigenvalue weighted by atomic mass is 9.97. The lowest BCUT2D eigenvalue weighted by Crippen LogP contribution is -2.60. The van der Waals surface area contributed by atoms with Gasteiger partial charge in [-0.15, -0.1) is 0 Å². The molecule has 0 bridgehead atoms. The van der Waals surface area contributed by atoms with E-state index in [4.69, 9.17) is 35.3 Å². The highest BCUT2D eigenvalue weighted by atomic mass is 35.5. The maximum absolute atomic E-state index is 13.1. The van der Waals surface area contributed by atoms with Crippen molar-refractivity contribution in [1.29, 1.82) is 0 Å². The zero-order chi connectivity index (χ0) is 32.3. The van der Waals surface area contributed by atoms with Gasteiger partial charge in [0, 0.05) is 50.4 Å². The van der Waals surface area contributed by atoms with Gasteiger partial charge in [0.25, 0.3) is 6.43 Å². The molecule has 2 heterocycles. The molecule has 1 aromatic heterocycles. The molecule has 44 heavy (non-hydrogen) atoms. The molecule has 6 atom stereocenters. The molecule has 3 aromatic rings. The van der Waals surface area contributed by atoms with Crippen molar-refractivity contribution in [3.05, 3.63) is 70.4 Å². The van der Waals surface area contributed by atoms with Gasteiger partial charge < -0.3 is 33.4 Å². The number of esters is 4. The molecule has 1 unspecified atom stereocenters. The first-order valence-electron chi connectivity index (χ1n) is 13.4. The fourth-order valence-corrected chi connectivity index (χ4v) is 5.43. The van der Waals surface area contributed by atoms with Gasteiger partial charge in [-0.2, -0.15) is 0 Å². The van der Waals surface area contributed by atoms with E-state index in [0.29, 0.717) is 10.9 Å². The average Bonchev–Trinajstić information content (AvgIpc) is 3.34. The molecular formula is C30H30ClF2NO10. The number of nitrogens with zero attached hydrogens (tertiary/aromatic N) is 1. The van der Waals surface area contributed by atoms with E-state index >= 15 is 0 Å².